The number of hydrogen-bond acceptors (Lipinski definition) is 10. The number of carbonyl (C=O) groups is 1. The monoisotopic (exact) mass is 607 g/mol. The summed E-state index contributed by atoms with van der Waals surface area (Å²) in [4.78, 5) is 16.7. The van der Waals surface area contributed by atoms with Crippen LogP contribution >= 0.6 is 22.7 Å². The minimum absolute atomic E-state index is 0.127. The van der Waals surface area contributed by atoms with Gasteiger partial charge in [0.2, 0.25) is 5.60 Å². The first-order chi connectivity index (χ1) is 19.1. The zero-order valence-corrected chi connectivity index (χ0v) is 25.3. The molecule has 11 heteroatoms. The number of esters is 1. The summed E-state index contributed by atoms with van der Waals surface area (Å²) in [7, 11) is -1.30. The van der Waals surface area contributed by atoms with Gasteiger partial charge in [0.05, 0.1) is 29.2 Å². The summed E-state index contributed by atoms with van der Waals surface area (Å²) in [6, 6.07) is 15.2. The maximum Gasteiger partial charge on any atom is 0.349 e. The fourth-order valence-electron chi connectivity index (χ4n) is 4.88. The van der Waals surface area contributed by atoms with E-state index < -0.39 is 21.7 Å². The van der Waals surface area contributed by atoms with E-state index >= 15 is 0 Å². The molecule has 0 bridgehead atoms. The quantitative estimate of drug-likeness (QED) is 0.158. The Bertz CT molecular complexity index is 1250. The second kappa shape index (κ2) is 14.1. The Labute approximate surface area is 244 Å². The van der Waals surface area contributed by atoms with Gasteiger partial charge in [0.15, 0.2) is 0 Å². The van der Waals surface area contributed by atoms with Crippen LogP contribution in [-0.4, -0.2) is 69.6 Å². The standard InChI is InChI=1S/C29H37NO7S3/c1-30(17-5-18-35-24-12-8-22(9-13-24)16-19-36-40(2,33)34)23-10-14-25(15-11-23)37-28(31)29(32,26-6-3-20-38-26)27-7-4-21-39-27/h3-4,6-9,12-13,20-21,23,25,32H,5,10-11,14-19H2,1-2H3/t23-,25-. The van der Waals surface area contributed by atoms with Gasteiger partial charge in [-0.3, -0.25) is 4.18 Å². The number of hydrogen-bond donors (Lipinski definition) is 1. The average molecular weight is 608 g/mol. The Balaban J connectivity index is 1.16. The van der Waals surface area contributed by atoms with Crippen LogP contribution in [0.3, 0.4) is 0 Å². The first-order valence-corrected chi connectivity index (χ1v) is 17.0. The summed E-state index contributed by atoms with van der Waals surface area (Å²) in [5.74, 6) is 0.185. The van der Waals surface area contributed by atoms with Crippen molar-refractivity contribution in [2.45, 2.75) is 56.3 Å². The van der Waals surface area contributed by atoms with Crippen LogP contribution in [0.25, 0.3) is 0 Å². The zero-order valence-electron chi connectivity index (χ0n) is 22.9. The molecule has 1 aliphatic carbocycles. The van der Waals surface area contributed by atoms with E-state index in [9.17, 15) is 18.3 Å². The summed E-state index contributed by atoms with van der Waals surface area (Å²) in [5.41, 5.74) is -0.775. The van der Waals surface area contributed by atoms with Crippen molar-refractivity contribution in [2.24, 2.45) is 0 Å². The lowest BCUT2D eigenvalue weighted by Crippen LogP contribution is -2.42. The number of aliphatic hydroxyl groups is 1. The number of benzene rings is 1. The predicted molar refractivity (Wildman–Crippen MR) is 157 cm³/mol. The van der Waals surface area contributed by atoms with Gasteiger partial charge < -0.3 is 19.5 Å². The summed E-state index contributed by atoms with van der Waals surface area (Å²) in [6.45, 7) is 1.62. The van der Waals surface area contributed by atoms with Crippen molar-refractivity contribution in [3.63, 3.8) is 0 Å². The summed E-state index contributed by atoms with van der Waals surface area (Å²) < 4.78 is 38.7. The predicted octanol–water partition coefficient (Wildman–Crippen LogP) is 4.82. The van der Waals surface area contributed by atoms with Gasteiger partial charge in [-0.05, 0) is 86.2 Å². The van der Waals surface area contributed by atoms with Crippen LogP contribution in [0.4, 0.5) is 0 Å². The van der Waals surface area contributed by atoms with Crippen LogP contribution in [0.2, 0.25) is 0 Å². The van der Waals surface area contributed by atoms with Crippen molar-refractivity contribution >= 4 is 38.8 Å². The Morgan fingerprint density at radius 3 is 2.17 bits per heavy atom. The molecule has 1 aliphatic rings. The third-order valence-electron chi connectivity index (χ3n) is 7.13. The highest BCUT2D eigenvalue weighted by molar-refractivity contribution is 7.85. The number of rotatable bonds is 14. The van der Waals surface area contributed by atoms with E-state index in [0.29, 0.717) is 28.8 Å². The first-order valence-electron chi connectivity index (χ1n) is 13.4. The lowest BCUT2D eigenvalue weighted by molar-refractivity contribution is -0.169. The Hall–Kier alpha value is -2.28. The molecule has 4 rings (SSSR count). The van der Waals surface area contributed by atoms with Crippen molar-refractivity contribution in [2.75, 3.05) is 33.1 Å². The van der Waals surface area contributed by atoms with E-state index in [0.717, 1.165) is 56.2 Å². The Kier molecular flexibility index (Phi) is 10.8. The molecule has 0 unspecified atom stereocenters. The van der Waals surface area contributed by atoms with Crippen molar-refractivity contribution in [3.8, 4) is 5.75 Å². The molecule has 3 aromatic rings. The van der Waals surface area contributed by atoms with Crippen LogP contribution in [-0.2, 0) is 35.9 Å². The third kappa shape index (κ3) is 8.37. The molecule has 2 aromatic heterocycles. The van der Waals surface area contributed by atoms with Crippen LogP contribution in [0.1, 0.15) is 47.4 Å². The number of ether oxygens (including phenoxy) is 2. The van der Waals surface area contributed by atoms with Gasteiger partial charge in [-0.2, -0.15) is 8.42 Å². The van der Waals surface area contributed by atoms with Crippen LogP contribution in [0.5, 0.6) is 5.75 Å². The molecule has 0 amide bonds. The van der Waals surface area contributed by atoms with Crippen LogP contribution in [0.15, 0.2) is 59.3 Å². The zero-order chi connectivity index (χ0) is 28.6. The lowest BCUT2D eigenvalue weighted by Gasteiger charge is -2.35. The maximum atomic E-state index is 13.2. The molecule has 0 spiro atoms. The minimum Gasteiger partial charge on any atom is -0.494 e. The summed E-state index contributed by atoms with van der Waals surface area (Å²) >= 11 is 2.70. The normalized spacial score (nSPS) is 18.1. The minimum atomic E-state index is -3.42. The van der Waals surface area contributed by atoms with E-state index in [1.165, 1.54) is 22.7 Å². The maximum absolute atomic E-state index is 13.2. The summed E-state index contributed by atoms with van der Waals surface area (Å²) in [6.07, 6.45) is 5.63. The first kappa shape index (κ1) is 30.7. The van der Waals surface area contributed by atoms with E-state index in [1.807, 2.05) is 47.2 Å². The molecule has 8 nitrogen and oxygen atoms in total. The molecule has 2 heterocycles. The fraction of sp³-hybridized carbons (Fsp3) is 0.483. The molecule has 1 saturated carbocycles. The molecule has 1 fully saturated rings. The molecule has 218 valence electrons. The number of nitrogens with zero attached hydrogens (tertiary/aromatic N) is 1. The van der Waals surface area contributed by atoms with Crippen molar-refractivity contribution in [1.29, 1.82) is 0 Å². The topological polar surface area (TPSA) is 102 Å². The SMILES string of the molecule is CN(CCCOc1ccc(CCOS(C)(=O)=O)cc1)[C@H]1CC[C@H](OC(=O)C(O)(c2cccs2)c2cccs2)CC1. The average Bonchev–Trinajstić information content (AvgIpc) is 3.67. The molecule has 0 atom stereocenters. The van der Waals surface area contributed by atoms with E-state index in [4.69, 9.17) is 13.7 Å². The highest BCUT2D eigenvalue weighted by Gasteiger charge is 2.45. The molecule has 40 heavy (non-hydrogen) atoms. The second-order valence-electron chi connectivity index (χ2n) is 10.1. The van der Waals surface area contributed by atoms with Gasteiger partial charge in [-0.25, -0.2) is 4.79 Å². The molecule has 0 aliphatic heterocycles. The van der Waals surface area contributed by atoms with Crippen LogP contribution < -0.4 is 4.74 Å². The molecule has 0 radical (unpaired) electrons. The van der Waals surface area contributed by atoms with Crippen LogP contribution in [0, 0.1) is 0 Å². The van der Waals surface area contributed by atoms with Gasteiger partial charge in [-0.1, -0.05) is 24.3 Å². The van der Waals surface area contributed by atoms with Gasteiger partial charge in [0.1, 0.15) is 11.9 Å². The largest absolute Gasteiger partial charge is 0.494 e. The summed E-state index contributed by atoms with van der Waals surface area (Å²) in [5, 5.41) is 15.2. The van der Waals surface area contributed by atoms with Crippen molar-refractivity contribution in [3.05, 3.63) is 74.6 Å². The van der Waals surface area contributed by atoms with Crippen molar-refractivity contribution < 1.29 is 32.0 Å². The van der Waals surface area contributed by atoms with Gasteiger partial charge in [0.25, 0.3) is 10.1 Å². The van der Waals surface area contributed by atoms with E-state index in [-0.39, 0.29) is 12.7 Å². The molecule has 1 aromatic carbocycles. The Morgan fingerprint density at radius 1 is 1.00 bits per heavy atom. The lowest BCUT2D eigenvalue weighted by atomic mass is 9.91. The number of carbonyl (C=O) groups excluding carboxylic acids is 1. The molecular formula is C29H37NO7S3. The second-order valence-corrected chi connectivity index (χ2v) is 13.6. The Morgan fingerprint density at radius 2 is 1.62 bits per heavy atom. The smallest absolute Gasteiger partial charge is 0.349 e. The van der Waals surface area contributed by atoms with E-state index in [1.54, 1.807) is 12.1 Å². The molecule has 1 N–H and O–H groups in total. The molecule has 0 saturated heterocycles. The number of thiophene rings is 2. The highest BCUT2D eigenvalue weighted by atomic mass is 32.2. The molecular weight excluding hydrogens is 571 g/mol. The van der Waals surface area contributed by atoms with Crippen molar-refractivity contribution in [1.82, 2.24) is 4.90 Å². The van der Waals surface area contributed by atoms with Gasteiger partial charge in [0, 0.05) is 12.6 Å². The van der Waals surface area contributed by atoms with Gasteiger partial charge in [-0.15, -0.1) is 22.7 Å². The highest BCUT2D eigenvalue weighted by Crippen LogP contribution is 2.38. The van der Waals surface area contributed by atoms with Gasteiger partial charge >= 0.3 is 5.97 Å². The van der Waals surface area contributed by atoms with E-state index in [2.05, 4.69) is 11.9 Å². The fourth-order valence-corrected chi connectivity index (χ4v) is 6.98. The third-order valence-corrected chi connectivity index (χ3v) is 9.68.